The lowest BCUT2D eigenvalue weighted by molar-refractivity contribution is -0.141. The highest BCUT2D eigenvalue weighted by molar-refractivity contribution is 7.91. The molecule has 4 nitrogen and oxygen atoms in total. The van der Waals surface area contributed by atoms with Gasteiger partial charge in [-0.2, -0.15) is 0 Å². The van der Waals surface area contributed by atoms with E-state index in [1.165, 1.54) is 18.7 Å². The Balaban J connectivity index is 2.63. The van der Waals surface area contributed by atoms with Crippen LogP contribution in [-0.2, 0) is 14.6 Å². The molecule has 6 heteroatoms. The van der Waals surface area contributed by atoms with Gasteiger partial charge in [0.05, 0.1) is 11.5 Å². The fourth-order valence-corrected chi connectivity index (χ4v) is 2.49. The summed E-state index contributed by atoms with van der Waals surface area (Å²) in [6.07, 6.45) is 0. The zero-order valence-electron chi connectivity index (χ0n) is 8.29. The number of hydrogen-bond acceptors (Lipinski definition) is 3. The van der Waals surface area contributed by atoms with Crippen molar-refractivity contribution in [2.45, 2.75) is 19.5 Å². The predicted molar refractivity (Wildman–Crippen MR) is 50.4 cm³/mol. The minimum atomic E-state index is -3.01. The lowest BCUT2D eigenvalue weighted by Gasteiger charge is -2.30. The molecule has 0 unspecified atom stereocenters. The van der Waals surface area contributed by atoms with Gasteiger partial charge in [-0.15, -0.1) is 0 Å². The maximum Gasteiger partial charge on any atom is 0.259 e. The van der Waals surface area contributed by atoms with Gasteiger partial charge in [0.15, 0.2) is 15.5 Å². The smallest absolute Gasteiger partial charge is 0.259 e. The molecule has 0 atom stereocenters. The van der Waals surface area contributed by atoms with Crippen molar-refractivity contribution in [2.24, 2.45) is 0 Å². The minimum absolute atomic E-state index is 0.0607. The van der Waals surface area contributed by atoms with Gasteiger partial charge < -0.3 is 4.90 Å². The van der Waals surface area contributed by atoms with Gasteiger partial charge >= 0.3 is 0 Å². The normalized spacial score (nSPS) is 22.1. The SMILES string of the molecule is CC(C)(F)C(=O)N1CCS(=O)(=O)CC1. The molecule has 0 aromatic rings. The summed E-state index contributed by atoms with van der Waals surface area (Å²) in [5, 5.41) is 0. The molecule has 0 spiro atoms. The van der Waals surface area contributed by atoms with E-state index in [9.17, 15) is 17.6 Å². The van der Waals surface area contributed by atoms with E-state index in [0.717, 1.165) is 0 Å². The zero-order valence-corrected chi connectivity index (χ0v) is 9.10. The van der Waals surface area contributed by atoms with E-state index >= 15 is 0 Å². The van der Waals surface area contributed by atoms with Crippen LogP contribution in [0.1, 0.15) is 13.8 Å². The van der Waals surface area contributed by atoms with Crippen molar-refractivity contribution in [1.29, 1.82) is 0 Å². The topological polar surface area (TPSA) is 54.5 Å². The molecule has 0 bridgehead atoms. The third-order valence-corrected chi connectivity index (χ3v) is 3.75. The average molecular weight is 223 g/mol. The molecule has 0 aliphatic carbocycles. The zero-order chi connectivity index (χ0) is 11.0. The van der Waals surface area contributed by atoms with Crippen LogP contribution in [0.4, 0.5) is 4.39 Å². The molecule has 1 heterocycles. The summed E-state index contributed by atoms with van der Waals surface area (Å²) >= 11 is 0. The molecule has 0 radical (unpaired) electrons. The van der Waals surface area contributed by atoms with Crippen molar-refractivity contribution < 1.29 is 17.6 Å². The summed E-state index contributed by atoms with van der Waals surface area (Å²) in [5.41, 5.74) is -1.92. The fraction of sp³-hybridized carbons (Fsp3) is 0.875. The number of carbonyl (C=O) groups is 1. The Morgan fingerprint density at radius 2 is 1.71 bits per heavy atom. The Kier molecular flexibility index (Phi) is 2.85. The van der Waals surface area contributed by atoms with E-state index < -0.39 is 21.4 Å². The number of nitrogens with zero attached hydrogens (tertiary/aromatic N) is 1. The third kappa shape index (κ3) is 2.67. The van der Waals surface area contributed by atoms with Crippen LogP contribution in [0.3, 0.4) is 0 Å². The molecule has 82 valence electrons. The monoisotopic (exact) mass is 223 g/mol. The van der Waals surface area contributed by atoms with Gasteiger partial charge in [0.2, 0.25) is 0 Å². The standard InChI is InChI=1S/C8H14FNO3S/c1-8(2,9)7(11)10-3-5-14(12,13)6-4-10/h3-6H2,1-2H3. The summed E-state index contributed by atoms with van der Waals surface area (Å²) in [4.78, 5) is 12.7. The highest BCUT2D eigenvalue weighted by Crippen LogP contribution is 2.15. The number of halogens is 1. The van der Waals surface area contributed by atoms with Gasteiger partial charge in [0.25, 0.3) is 5.91 Å². The Labute approximate surface area is 83.0 Å². The van der Waals surface area contributed by atoms with Crippen LogP contribution in [0, 0.1) is 0 Å². The molecule has 1 aliphatic heterocycles. The van der Waals surface area contributed by atoms with Crippen molar-refractivity contribution in [3.63, 3.8) is 0 Å². The first-order chi connectivity index (χ1) is 6.22. The average Bonchev–Trinajstić information content (AvgIpc) is 2.01. The van der Waals surface area contributed by atoms with E-state index in [1.54, 1.807) is 0 Å². The lowest BCUT2D eigenvalue weighted by atomic mass is 10.1. The quantitative estimate of drug-likeness (QED) is 0.628. The number of sulfone groups is 1. The first kappa shape index (κ1) is 11.4. The van der Waals surface area contributed by atoms with Gasteiger partial charge in [-0.3, -0.25) is 4.79 Å². The molecule has 1 saturated heterocycles. The van der Waals surface area contributed by atoms with Gasteiger partial charge in [-0.1, -0.05) is 0 Å². The fourth-order valence-electron chi connectivity index (χ4n) is 1.29. The first-order valence-corrected chi connectivity index (χ1v) is 6.23. The van der Waals surface area contributed by atoms with Crippen LogP contribution in [0.2, 0.25) is 0 Å². The third-order valence-electron chi connectivity index (χ3n) is 2.14. The Morgan fingerprint density at radius 3 is 2.07 bits per heavy atom. The second-order valence-electron chi connectivity index (χ2n) is 3.92. The van der Waals surface area contributed by atoms with Crippen molar-refractivity contribution in [3.8, 4) is 0 Å². The highest BCUT2D eigenvalue weighted by Gasteiger charge is 2.34. The largest absolute Gasteiger partial charge is 0.338 e. The lowest BCUT2D eigenvalue weighted by Crippen LogP contribution is -2.49. The van der Waals surface area contributed by atoms with Crippen LogP contribution in [-0.4, -0.2) is 49.5 Å². The molecule has 1 amide bonds. The molecular formula is C8H14FNO3S. The Morgan fingerprint density at radius 1 is 1.29 bits per heavy atom. The maximum absolute atomic E-state index is 13.2. The van der Waals surface area contributed by atoms with Crippen LogP contribution in [0.5, 0.6) is 0 Å². The van der Waals surface area contributed by atoms with Crippen LogP contribution in [0.15, 0.2) is 0 Å². The second kappa shape index (κ2) is 3.49. The summed E-state index contributed by atoms with van der Waals surface area (Å²) in [5.74, 6) is -0.753. The van der Waals surface area contributed by atoms with Crippen molar-refractivity contribution in [3.05, 3.63) is 0 Å². The van der Waals surface area contributed by atoms with Gasteiger partial charge in [0.1, 0.15) is 0 Å². The van der Waals surface area contributed by atoms with E-state index in [0.29, 0.717) is 0 Å². The van der Waals surface area contributed by atoms with Crippen molar-refractivity contribution in [2.75, 3.05) is 24.6 Å². The van der Waals surface area contributed by atoms with E-state index in [1.807, 2.05) is 0 Å². The first-order valence-electron chi connectivity index (χ1n) is 4.41. The second-order valence-corrected chi connectivity index (χ2v) is 6.22. The van der Waals surface area contributed by atoms with Crippen LogP contribution >= 0.6 is 0 Å². The molecule has 1 rings (SSSR count). The van der Waals surface area contributed by atoms with Gasteiger partial charge in [0, 0.05) is 13.1 Å². The summed E-state index contributed by atoms with van der Waals surface area (Å²) < 4.78 is 35.3. The molecule has 1 fully saturated rings. The van der Waals surface area contributed by atoms with Crippen molar-refractivity contribution >= 4 is 15.7 Å². The summed E-state index contributed by atoms with van der Waals surface area (Å²) in [7, 11) is -3.01. The maximum atomic E-state index is 13.2. The molecule has 1 aliphatic rings. The summed E-state index contributed by atoms with van der Waals surface area (Å²) in [6, 6.07) is 0. The van der Waals surface area contributed by atoms with E-state index in [-0.39, 0.29) is 24.6 Å². The highest BCUT2D eigenvalue weighted by atomic mass is 32.2. The summed E-state index contributed by atoms with van der Waals surface area (Å²) in [6.45, 7) is 2.57. The van der Waals surface area contributed by atoms with Crippen molar-refractivity contribution in [1.82, 2.24) is 4.90 Å². The number of amides is 1. The predicted octanol–water partition coefficient (Wildman–Crippen LogP) is -0.00850. The Hall–Kier alpha value is -0.650. The molecule has 0 aromatic carbocycles. The number of hydrogen-bond donors (Lipinski definition) is 0. The minimum Gasteiger partial charge on any atom is -0.338 e. The van der Waals surface area contributed by atoms with Crippen LogP contribution < -0.4 is 0 Å². The Bertz CT molecular complexity index is 317. The number of carbonyl (C=O) groups excluding carboxylic acids is 1. The van der Waals surface area contributed by atoms with Gasteiger partial charge in [-0.25, -0.2) is 12.8 Å². The van der Waals surface area contributed by atoms with Crippen LogP contribution in [0.25, 0.3) is 0 Å². The number of alkyl halides is 1. The number of rotatable bonds is 1. The molecule has 14 heavy (non-hydrogen) atoms. The van der Waals surface area contributed by atoms with E-state index in [4.69, 9.17) is 0 Å². The molecule has 0 saturated carbocycles. The van der Waals surface area contributed by atoms with Gasteiger partial charge in [-0.05, 0) is 13.8 Å². The van der Waals surface area contributed by atoms with E-state index in [2.05, 4.69) is 0 Å². The molecule has 0 aromatic heterocycles. The molecule has 0 N–H and O–H groups in total. The molecular weight excluding hydrogens is 209 g/mol.